The van der Waals surface area contributed by atoms with E-state index in [1.165, 1.54) is 6.07 Å². The molecule has 0 saturated carbocycles. The molecule has 0 aliphatic heterocycles. The molecule has 0 atom stereocenters. The molecule has 2 aromatic rings. The minimum absolute atomic E-state index is 0.344. The molecule has 0 bridgehead atoms. The Morgan fingerprint density at radius 3 is 2.53 bits per heavy atom. The summed E-state index contributed by atoms with van der Waals surface area (Å²) in [6, 6.07) is 11.4. The molecule has 15 heavy (non-hydrogen) atoms. The van der Waals surface area contributed by atoms with E-state index in [-0.39, 0.29) is 5.75 Å². The first-order chi connectivity index (χ1) is 7.18. The fourth-order valence-electron chi connectivity index (χ4n) is 1.45. The summed E-state index contributed by atoms with van der Waals surface area (Å²) in [5, 5.41) is 9.53. The number of hydrogen-bond acceptors (Lipinski definition) is 2. The maximum Gasteiger partial charge on any atom is 0.165 e. The monoisotopic (exact) mass is 203 g/mol. The number of nitrogen functional groups attached to an aromatic ring is 1. The Morgan fingerprint density at radius 2 is 1.80 bits per heavy atom. The molecule has 0 aromatic heterocycles. The van der Waals surface area contributed by atoms with Crippen LogP contribution in [0.2, 0.25) is 0 Å². The Hall–Kier alpha value is -2.03. The average Bonchev–Trinajstić information content (AvgIpc) is 2.22. The molecular formula is C12H10FNO. The smallest absolute Gasteiger partial charge is 0.165 e. The van der Waals surface area contributed by atoms with Crippen LogP contribution in [0.5, 0.6) is 5.75 Å². The third-order valence-corrected chi connectivity index (χ3v) is 2.18. The SMILES string of the molecule is Nc1cccc(-c2cccc(F)c2O)c1. The molecule has 0 fully saturated rings. The van der Waals surface area contributed by atoms with Gasteiger partial charge < -0.3 is 10.8 Å². The molecule has 76 valence electrons. The van der Waals surface area contributed by atoms with Crippen molar-refractivity contribution in [3.63, 3.8) is 0 Å². The summed E-state index contributed by atoms with van der Waals surface area (Å²) in [6.45, 7) is 0. The van der Waals surface area contributed by atoms with Crippen molar-refractivity contribution in [1.29, 1.82) is 0 Å². The summed E-state index contributed by atoms with van der Waals surface area (Å²) in [4.78, 5) is 0. The van der Waals surface area contributed by atoms with Gasteiger partial charge in [-0.25, -0.2) is 4.39 Å². The van der Waals surface area contributed by atoms with Gasteiger partial charge in [-0.3, -0.25) is 0 Å². The molecule has 2 rings (SSSR count). The molecule has 3 N–H and O–H groups in total. The summed E-state index contributed by atoms with van der Waals surface area (Å²) in [5.74, 6) is -0.974. The van der Waals surface area contributed by atoms with E-state index in [4.69, 9.17) is 5.73 Å². The fraction of sp³-hybridized carbons (Fsp3) is 0. The zero-order valence-electron chi connectivity index (χ0n) is 7.94. The lowest BCUT2D eigenvalue weighted by molar-refractivity contribution is 0.434. The van der Waals surface area contributed by atoms with E-state index in [0.29, 0.717) is 16.8 Å². The molecule has 0 aliphatic carbocycles. The van der Waals surface area contributed by atoms with Crippen LogP contribution in [0.25, 0.3) is 11.1 Å². The summed E-state index contributed by atoms with van der Waals surface area (Å²) in [7, 11) is 0. The van der Waals surface area contributed by atoms with Crippen molar-refractivity contribution in [1.82, 2.24) is 0 Å². The Morgan fingerprint density at radius 1 is 1.07 bits per heavy atom. The van der Waals surface area contributed by atoms with Crippen molar-refractivity contribution >= 4 is 5.69 Å². The van der Waals surface area contributed by atoms with E-state index >= 15 is 0 Å². The molecule has 2 aromatic carbocycles. The lowest BCUT2D eigenvalue weighted by Crippen LogP contribution is -1.86. The normalized spacial score (nSPS) is 10.2. The summed E-state index contributed by atoms with van der Waals surface area (Å²) in [6.07, 6.45) is 0. The highest BCUT2D eigenvalue weighted by molar-refractivity contribution is 5.72. The predicted octanol–water partition coefficient (Wildman–Crippen LogP) is 2.78. The van der Waals surface area contributed by atoms with Crippen LogP contribution >= 0.6 is 0 Å². The van der Waals surface area contributed by atoms with Crippen molar-refractivity contribution < 1.29 is 9.50 Å². The lowest BCUT2D eigenvalue weighted by Gasteiger charge is -2.05. The average molecular weight is 203 g/mol. The number of rotatable bonds is 1. The summed E-state index contributed by atoms with van der Waals surface area (Å²) < 4.78 is 13.1. The highest BCUT2D eigenvalue weighted by Crippen LogP contribution is 2.31. The molecule has 0 radical (unpaired) electrons. The van der Waals surface area contributed by atoms with Crippen LogP contribution in [0.3, 0.4) is 0 Å². The Labute approximate surface area is 86.8 Å². The zero-order valence-corrected chi connectivity index (χ0v) is 7.94. The number of nitrogens with two attached hydrogens (primary N) is 1. The Balaban J connectivity index is 2.59. The van der Waals surface area contributed by atoms with Crippen LogP contribution in [0.15, 0.2) is 42.5 Å². The molecule has 0 unspecified atom stereocenters. The van der Waals surface area contributed by atoms with Crippen molar-refractivity contribution in [3.8, 4) is 16.9 Å². The molecule has 3 heteroatoms. The van der Waals surface area contributed by atoms with Crippen LogP contribution in [0.4, 0.5) is 10.1 Å². The van der Waals surface area contributed by atoms with Crippen LogP contribution in [-0.2, 0) is 0 Å². The van der Waals surface area contributed by atoms with E-state index in [9.17, 15) is 9.50 Å². The minimum Gasteiger partial charge on any atom is -0.504 e. The number of benzene rings is 2. The van der Waals surface area contributed by atoms with Crippen LogP contribution in [0, 0.1) is 5.82 Å². The molecule has 2 nitrogen and oxygen atoms in total. The number of hydrogen-bond donors (Lipinski definition) is 2. The maximum absolute atomic E-state index is 13.1. The molecule has 0 heterocycles. The van der Waals surface area contributed by atoms with Gasteiger partial charge in [-0.15, -0.1) is 0 Å². The Kier molecular flexibility index (Phi) is 2.29. The van der Waals surface area contributed by atoms with Crippen molar-refractivity contribution in [3.05, 3.63) is 48.3 Å². The van der Waals surface area contributed by atoms with Gasteiger partial charge in [0.05, 0.1) is 0 Å². The number of aromatic hydroxyl groups is 1. The van der Waals surface area contributed by atoms with Gasteiger partial charge in [0.2, 0.25) is 0 Å². The molecule has 0 aliphatic rings. The predicted molar refractivity (Wildman–Crippen MR) is 57.9 cm³/mol. The first kappa shape index (κ1) is 9.52. The van der Waals surface area contributed by atoms with Crippen molar-refractivity contribution in [2.75, 3.05) is 5.73 Å². The highest BCUT2D eigenvalue weighted by Gasteiger charge is 2.08. The van der Waals surface area contributed by atoms with Gasteiger partial charge in [-0.2, -0.15) is 0 Å². The van der Waals surface area contributed by atoms with Gasteiger partial charge in [0, 0.05) is 11.3 Å². The van der Waals surface area contributed by atoms with Gasteiger partial charge in [0.25, 0.3) is 0 Å². The summed E-state index contributed by atoms with van der Waals surface area (Å²) >= 11 is 0. The first-order valence-corrected chi connectivity index (χ1v) is 4.52. The highest BCUT2D eigenvalue weighted by atomic mass is 19.1. The number of para-hydroxylation sites is 1. The van der Waals surface area contributed by atoms with Gasteiger partial charge in [0.1, 0.15) is 0 Å². The third kappa shape index (κ3) is 1.76. The van der Waals surface area contributed by atoms with E-state index < -0.39 is 5.82 Å². The number of phenolic OH excluding ortho intramolecular Hbond substituents is 1. The topological polar surface area (TPSA) is 46.2 Å². The number of phenols is 1. The third-order valence-electron chi connectivity index (χ3n) is 2.18. The fourth-order valence-corrected chi connectivity index (χ4v) is 1.45. The van der Waals surface area contributed by atoms with E-state index in [1.54, 1.807) is 36.4 Å². The molecule has 0 amide bonds. The molecular weight excluding hydrogens is 193 g/mol. The van der Waals surface area contributed by atoms with E-state index in [1.807, 2.05) is 0 Å². The van der Waals surface area contributed by atoms with Gasteiger partial charge in [0.15, 0.2) is 11.6 Å². The quantitative estimate of drug-likeness (QED) is 0.700. The zero-order chi connectivity index (χ0) is 10.8. The van der Waals surface area contributed by atoms with Crippen LogP contribution in [-0.4, -0.2) is 5.11 Å². The van der Waals surface area contributed by atoms with Crippen LogP contribution in [0.1, 0.15) is 0 Å². The first-order valence-electron chi connectivity index (χ1n) is 4.52. The second-order valence-electron chi connectivity index (χ2n) is 3.26. The number of anilines is 1. The lowest BCUT2D eigenvalue weighted by atomic mass is 10.0. The largest absolute Gasteiger partial charge is 0.504 e. The number of halogens is 1. The van der Waals surface area contributed by atoms with Gasteiger partial charge >= 0.3 is 0 Å². The van der Waals surface area contributed by atoms with Gasteiger partial charge in [-0.05, 0) is 23.8 Å². The van der Waals surface area contributed by atoms with E-state index in [0.717, 1.165) is 0 Å². The van der Waals surface area contributed by atoms with Crippen LogP contribution < -0.4 is 5.73 Å². The second kappa shape index (κ2) is 3.61. The van der Waals surface area contributed by atoms with Gasteiger partial charge in [-0.1, -0.05) is 24.3 Å². The van der Waals surface area contributed by atoms with Crippen molar-refractivity contribution in [2.24, 2.45) is 0 Å². The molecule has 0 spiro atoms. The Bertz CT molecular complexity index is 497. The maximum atomic E-state index is 13.1. The summed E-state index contributed by atoms with van der Waals surface area (Å²) in [5.41, 5.74) is 7.34. The minimum atomic E-state index is -0.630. The van der Waals surface area contributed by atoms with E-state index in [2.05, 4.69) is 0 Å². The molecule has 0 saturated heterocycles. The second-order valence-corrected chi connectivity index (χ2v) is 3.26. The van der Waals surface area contributed by atoms with Crippen molar-refractivity contribution in [2.45, 2.75) is 0 Å². The standard InChI is InChI=1S/C12H10FNO/c13-11-6-2-5-10(12(11)15)8-3-1-4-9(14)7-8/h1-7,15H,14H2.